The van der Waals surface area contributed by atoms with E-state index >= 15 is 0 Å². The molecule has 0 unspecified atom stereocenters. The first-order chi connectivity index (χ1) is 8.63. The Morgan fingerprint density at radius 2 is 2.06 bits per heavy atom. The van der Waals surface area contributed by atoms with Crippen LogP contribution in [-0.2, 0) is 13.1 Å². The molecule has 0 saturated carbocycles. The van der Waals surface area contributed by atoms with Crippen LogP contribution in [0, 0.1) is 18.6 Å². The summed E-state index contributed by atoms with van der Waals surface area (Å²) in [6, 6.07) is 4.18. The smallest absolute Gasteiger partial charge is 0.163 e. The highest BCUT2D eigenvalue weighted by atomic mass is 19.2. The fourth-order valence-electron chi connectivity index (χ4n) is 1.84. The Hall–Kier alpha value is -1.75. The molecule has 2 aromatic rings. The highest BCUT2D eigenvalue weighted by Crippen LogP contribution is 2.15. The van der Waals surface area contributed by atoms with Gasteiger partial charge in [-0.25, -0.2) is 8.78 Å². The number of hydrogen-bond acceptors (Lipinski definition) is 2. The zero-order valence-corrected chi connectivity index (χ0v) is 10.4. The van der Waals surface area contributed by atoms with E-state index in [9.17, 15) is 8.78 Å². The summed E-state index contributed by atoms with van der Waals surface area (Å²) in [6.07, 6.45) is 1.74. The number of benzene rings is 1. The maximum absolute atomic E-state index is 13.5. The van der Waals surface area contributed by atoms with Crippen molar-refractivity contribution < 1.29 is 8.78 Å². The van der Waals surface area contributed by atoms with Crippen LogP contribution in [-0.4, -0.2) is 16.8 Å². The molecule has 3 nitrogen and oxygen atoms in total. The van der Waals surface area contributed by atoms with Crippen LogP contribution in [0.4, 0.5) is 8.78 Å². The molecular weight excluding hydrogens is 236 g/mol. The van der Waals surface area contributed by atoms with Gasteiger partial charge >= 0.3 is 0 Å². The van der Waals surface area contributed by atoms with Gasteiger partial charge in [0.15, 0.2) is 11.6 Å². The molecular formula is C13H15F2N3. The van der Waals surface area contributed by atoms with Crippen molar-refractivity contribution in [3.8, 4) is 0 Å². The number of rotatable bonds is 4. The molecule has 5 heteroatoms. The van der Waals surface area contributed by atoms with Gasteiger partial charge in [-0.05, 0) is 20.0 Å². The van der Waals surface area contributed by atoms with Crippen molar-refractivity contribution in [2.24, 2.45) is 0 Å². The van der Waals surface area contributed by atoms with E-state index in [4.69, 9.17) is 0 Å². The third-order valence-electron chi connectivity index (χ3n) is 2.92. The Bertz CT molecular complexity index is 549. The lowest BCUT2D eigenvalue weighted by Gasteiger charge is -2.07. The predicted molar refractivity (Wildman–Crippen MR) is 65.2 cm³/mol. The summed E-state index contributed by atoms with van der Waals surface area (Å²) >= 11 is 0. The summed E-state index contributed by atoms with van der Waals surface area (Å²) in [5.41, 5.74) is 2.31. The van der Waals surface area contributed by atoms with Gasteiger partial charge in [0.05, 0.1) is 12.7 Å². The monoisotopic (exact) mass is 251 g/mol. The molecule has 0 atom stereocenters. The lowest BCUT2D eigenvalue weighted by atomic mass is 10.2. The fraction of sp³-hybridized carbons (Fsp3) is 0.308. The molecule has 0 aliphatic heterocycles. The van der Waals surface area contributed by atoms with E-state index in [0.29, 0.717) is 12.1 Å². The van der Waals surface area contributed by atoms with Crippen molar-refractivity contribution in [3.05, 3.63) is 52.9 Å². The lowest BCUT2D eigenvalue weighted by molar-refractivity contribution is 0.491. The van der Waals surface area contributed by atoms with Crippen molar-refractivity contribution in [1.82, 2.24) is 15.1 Å². The average molecular weight is 251 g/mol. The first kappa shape index (κ1) is 12.7. The second-order valence-corrected chi connectivity index (χ2v) is 4.16. The topological polar surface area (TPSA) is 29.9 Å². The van der Waals surface area contributed by atoms with Gasteiger partial charge < -0.3 is 5.32 Å². The van der Waals surface area contributed by atoms with Crippen LogP contribution in [0.3, 0.4) is 0 Å². The fourth-order valence-corrected chi connectivity index (χ4v) is 1.84. The van der Waals surface area contributed by atoms with Crippen LogP contribution in [0.15, 0.2) is 24.4 Å². The van der Waals surface area contributed by atoms with Gasteiger partial charge in [-0.3, -0.25) is 4.68 Å². The standard InChI is InChI=1S/C13H15F2N3/c1-9-11(6-16-2)7-17-18(9)8-10-4-3-5-12(14)13(10)15/h3-5,7,16H,6,8H2,1-2H3. The van der Waals surface area contributed by atoms with E-state index in [-0.39, 0.29) is 6.54 Å². The molecule has 96 valence electrons. The van der Waals surface area contributed by atoms with Crippen LogP contribution in [0.5, 0.6) is 0 Å². The SMILES string of the molecule is CNCc1cnn(Cc2cccc(F)c2F)c1C. The molecule has 0 radical (unpaired) electrons. The van der Waals surface area contributed by atoms with Crippen LogP contribution in [0.25, 0.3) is 0 Å². The zero-order valence-electron chi connectivity index (χ0n) is 10.4. The van der Waals surface area contributed by atoms with E-state index in [1.165, 1.54) is 6.07 Å². The van der Waals surface area contributed by atoms with Gasteiger partial charge in [-0.1, -0.05) is 12.1 Å². The van der Waals surface area contributed by atoms with Crippen molar-refractivity contribution >= 4 is 0 Å². The molecule has 2 rings (SSSR count). The average Bonchev–Trinajstić information content (AvgIpc) is 2.68. The van der Waals surface area contributed by atoms with E-state index < -0.39 is 11.6 Å². The molecule has 0 aliphatic rings. The minimum atomic E-state index is -0.826. The lowest BCUT2D eigenvalue weighted by Crippen LogP contribution is -2.09. The number of aromatic nitrogens is 2. The molecule has 0 bridgehead atoms. The molecule has 0 spiro atoms. The summed E-state index contributed by atoms with van der Waals surface area (Å²) in [4.78, 5) is 0. The third kappa shape index (κ3) is 2.41. The van der Waals surface area contributed by atoms with E-state index in [1.54, 1.807) is 16.9 Å². The van der Waals surface area contributed by atoms with Crippen molar-refractivity contribution in [3.63, 3.8) is 0 Å². The Kier molecular flexibility index (Phi) is 3.72. The third-order valence-corrected chi connectivity index (χ3v) is 2.92. The number of halogens is 2. The summed E-state index contributed by atoms with van der Waals surface area (Å²) in [6.45, 7) is 2.85. The molecule has 0 amide bonds. The Morgan fingerprint density at radius 1 is 1.28 bits per heavy atom. The van der Waals surface area contributed by atoms with E-state index in [2.05, 4.69) is 10.4 Å². The summed E-state index contributed by atoms with van der Waals surface area (Å²) in [5.74, 6) is -1.63. The summed E-state index contributed by atoms with van der Waals surface area (Å²) in [7, 11) is 1.85. The van der Waals surface area contributed by atoms with Crippen molar-refractivity contribution in [2.75, 3.05) is 7.05 Å². The van der Waals surface area contributed by atoms with Gasteiger partial charge in [0, 0.05) is 23.4 Å². The predicted octanol–water partition coefficient (Wildman–Crippen LogP) is 2.24. The molecule has 1 heterocycles. The molecule has 0 saturated heterocycles. The highest BCUT2D eigenvalue weighted by Gasteiger charge is 2.11. The summed E-state index contributed by atoms with van der Waals surface area (Å²) in [5, 5.41) is 7.22. The van der Waals surface area contributed by atoms with Crippen molar-refractivity contribution in [1.29, 1.82) is 0 Å². The molecule has 0 aliphatic carbocycles. The van der Waals surface area contributed by atoms with Crippen molar-refractivity contribution in [2.45, 2.75) is 20.0 Å². The number of hydrogen-bond donors (Lipinski definition) is 1. The Morgan fingerprint density at radius 3 is 2.78 bits per heavy atom. The Balaban J connectivity index is 2.26. The maximum atomic E-state index is 13.5. The number of nitrogens with one attached hydrogen (secondary N) is 1. The highest BCUT2D eigenvalue weighted by molar-refractivity contribution is 5.22. The van der Waals surface area contributed by atoms with Gasteiger partial charge in [-0.2, -0.15) is 5.10 Å². The molecule has 1 aromatic carbocycles. The summed E-state index contributed by atoms with van der Waals surface area (Å²) < 4.78 is 28.3. The quantitative estimate of drug-likeness (QED) is 0.903. The first-order valence-electron chi connectivity index (χ1n) is 5.72. The van der Waals surface area contributed by atoms with Crippen LogP contribution >= 0.6 is 0 Å². The van der Waals surface area contributed by atoms with Gasteiger partial charge in [-0.15, -0.1) is 0 Å². The van der Waals surface area contributed by atoms with Gasteiger partial charge in [0.25, 0.3) is 0 Å². The molecule has 0 fully saturated rings. The Labute approximate surface area is 104 Å². The normalized spacial score (nSPS) is 10.9. The van der Waals surface area contributed by atoms with Gasteiger partial charge in [0.1, 0.15) is 0 Å². The molecule has 18 heavy (non-hydrogen) atoms. The largest absolute Gasteiger partial charge is 0.316 e. The van der Waals surface area contributed by atoms with E-state index in [0.717, 1.165) is 17.3 Å². The van der Waals surface area contributed by atoms with Crippen LogP contribution < -0.4 is 5.32 Å². The zero-order chi connectivity index (χ0) is 13.1. The molecule has 1 N–H and O–H groups in total. The minimum Gasteiger partial charge on any atom is -0.316 e. The number of nitrogens with zero attached hydrogens (tertiary/aromatic N) is 2. The van der Waals surface area contributed by atoms with E-state index in [1.807, 2.05) is 14.0 Å². The van der Waals surface area contributed by atoms with Crippen LogP contribution in [0.2, 0.25) is 0 Å². The first-order valence-corrected chi connectivity index (χ1v) is 5.72. The molecule has 1 aromatic heterocycles. The minimum absolute atomic E-state index is 0.235. The van der Waals surface area contributed by atoms with Crippen LogP contribution in [0.1, 0.15) is 16.8 Å². The maximum Gasteiger partial charge on any atom is 0.163 e. The second kappa shape index (κ2) is 5.27. The second-order valence-electron chi connectivity index (χ2n) is 4.16. The van der Waals surface area contributed by atoms with Gasteiger partial charge in [0.2, 0.25) is 0 Å².